The lowest BCUT2D eigenvalue weighted by atomic mass is 10.3. The minimum Gasteiger partial charge on any atom is -0.466 e. The second kappa shape index (κ2) is 12.1. The fourth-order valence-corrected chi connectivity index (χ4v) is 16.9. The number of ether oxygens (including phenoxy) is 3. The molecule has 7 nitrogen and oxygen atoms in total. The standard InChI is InChI=1S/C18H42O7Si4/c1-17(18(19)20-2)16-22-13-12-21-14-15-29(23-26(3,4)5,24-27(6,7)8)25-28(9,10)11/h1,12-16H2,2-11H3. The van der Waals surface area contributed by atoms with E-state index in [0.717, 1.165) is 0 Å². The first-order valence-corrected chi connectivity index (χ1v) is 22.2. The molecule has 0 aliphatic rings. The summed E-state index contributed by atoms with van der Waals surface area (Å²) in [4.78, 5) is 11.3. The van der Waals surface area contributed by atoms with E-state index in [1.165, 1.54) is 7.11 Å². The van der Waals surface area contributed by atoms with E-state index < -0.39 is 39.7 Å². The Hall–Kier alpha value is -0.122. The molecule has 0 aliphatic heterocycles. The van der Waals surface area contributed by atoms with Crippen LogP contribution >= 0.6 is 0 Å². The van der Waals surface area contributed by atoms with Gasteiger partial charge in [-0.3, -0.25) is 0 Å². The normalized spacial score (nSPS) is 13.4. The summed E-state index contributed by atoms with van der Waals surface area (Å²) in [5, 5.41) is 0. The number of carbonyl (C=O) groups excluding carboxylic acids is 1. The molecular weight excluding hydrogens is 441 g/mol. The van der Waals surface area contributed by atoms with Crippen LogP contribution in [0, 0.1) is 0 Å². The predicted octanol–water partition coefficient (Wildman–Crippen LogP) is 4.24. The Bertz CT molecular complexity index is 481. The summed E-state index contributed by atoms with van der Waals surface area (Å²) in [6.45, 7) is 24.5. The molecule has 0 radical (unpaired) electrons. The predicted molar refractivity (Wildman–Crippen MR) is 127 cm³/mol. The van der Waals surface area contributed by atoms with Gasteiger partial charge in [-0.05, 0) is 58.9 Å². The number of hydrogen-bond acceptors (Lipinski definition) is 7. The fraction of sp³-hybridized carbons (Fsp3) is 0.833. The summed E-state index contributed by atoms with van der Waals surface area (Å²) in [7, 11) is -7.18. The molecule has 0 spiro atoms. The van der Waals surface area contributed by atoms with Gasteiger partial charge in [-0.25, -0.2) is 4.79 Å². The third-order valence-electron chi connectivity index (χ3n) is 3.06. The Morgan fingerprint density at radius 1 is 0.724 bits per heavy atom. The smallest absolute Gasteiger partial charge is 0.466 e. The first-order valence-electron chi connectivity index (χ1n) is 10.0. The number of esters is 1. The first-order chi connectivity index (χ1) is 13.0. The molecule has 0 saturated heterocycles. The van der Waals surface area contributed by atoms with Gasteiger partial charge in [0.15, 0.2) is 25.0 Å². The summed E-state index contributed by atoms with van der Waals surface area (Å²) in [6, 6.07) is 0.626. The zero-order valence-electron chi connectivity index (χ0n) is 20.1. The molecule has 172 valence electrons. The third-order valence-corrected chi connectivity index (χ3v) is 15.0. The topological polar surface area (TPSA) is 72.5 Å². The van der Waals surface area contributed by atoms with E-state index in [0.29, 0.717) is 25.9 Å². The van der Waals surface area contributed by atoms with E-state index in [4.69, 9.17) is 21.8 Å². The highest BCUT2D eigenvalue weighted by atomic mass is 28.5. The van der Waals surface area contributed by atoms with Gasteiger partial charge in [-0.1, -0.05) is 6.58 Å². The van der Waals surface area contributed by atoms with Gasteiger partial charge in [0.05, 0.1) is 39.1 Å². The quantitative estimate of drug-likeness (QED) is 0.150. The van der Waals surface area contributed by atoms with E-state index >= 15 is 0 Å². The second-order valence-electron chi connectivity index (χ2n) is 9.84. The van der Waals surface area contributed by atoms with Gasteiger partial charge in [0.25, 0.3) is 0 Å². The molecule has 0 saturated carbocycles. The summed E-state index contributed by atoms with van der Waals surface area (Å²) in [5.74, 6) is -0.461. The van der Waals surface area contributed by atoms with E-state index in [1.54, 1.807) is 0 Å². The van der Waals surface area contributed by atoms with Crippen LogP contribution < -0.4 is 0 Å². The Kier molecular flexibility index (Phi) is 12.0. The molecule has 0 fully saturated rings. The van der Waals surface area contributed by atoms with Crippen LogP contribution in [0.5, 0.6) is 0 Å². The molecule has 0 aromatic heterocycles. The number of carbonyl (C=O) groups is 1. The number of methoxy groups -OCH3 is 1. The zero-order valence-corrected chi connectivity index (χ0v) is 24.1. The van der Waals surface area contributed by atoms with Crippen molar-refractivity contribution in [1.82, 2.24) is 0 Å². The van der Waals surface area contributed by atoms with Crippen LogP contribution in [-0.4, -0.2) is 73.3 Å². The highest BCUT2D eigenvalue weighted by molar-refractivity contribution is 6.90. The molecule has 0 N–H and O–H groups in total. The van der Waals surface area contributed by atoms with Crippen LogP contribution in [0.1, 0.15) is 0 Å². The molecule has 0 aliphatic carbocycles. The minimum absolute atomic E-state index is 0.130. The molecule has 0 aromatic rings. The van der Waals surface area contributed by atoms with E-state index in [1.807, 2.05) is 0 Å². The second-order valence-corrected chi connectivity index (χ2v) is 26.8. The van der Waals surface area contributed by atoms with Crippen molar-refractivity contribution < 1.29 is 31.4 Å². The average molecular weight is 483 g/mol. The van der Waals surface area contributed by atoms with Crippen LogP contribution in [0.15, 0.2) is 12.2 Å². The molecule has 0 unspecified atom stereocenters. The molecule has 0 aromatic carbocycles. The molecule has 0 heterocycles. The Morgan fingerprint density at radius 3 is 1.52 bits per heavy atom. The van der Waals surface area contributed by atoms with Gasteiger partial charge >= 0.3 is 14.8 Å². The van der Waals surface area contributed by atoms with Crippen LogP contribution in [0.25, 0.3) is 0 Å². The van der Waals surface area contributed by atoms with E-state index in [9.17, 15) is 4.79 Å². The van der Waals surface area contributed by atoms with Gasteiger partial charge in [0.1, 0.15) is 0 Å². The van der Waals surface area contributed by atoms with Crippen molar-refractivity contribution in [3.05, 3.63) is 12.2 Å². The van der Waals surface area contributed by atoms with Gasteiger partial charge < -0.3 is 26.6 Å². The van der Waals surface area contributed by atoms with Gasteiger partial charge in [0, 0.05) is 6.04 Å². The lowest BCUT2D eigenvalue weighted by molar-refractivity contribution is -0.136. The summed E-state index contributed by atoms with van der Waals surface area (Å²) in [6.07, 6.45) is 0. The maximum atomic E-state index is 11.3. The van der Waals surface area contributed by atoms with Crippen LogP contribution in [0.4, 0.5) is 0 Å². The van der Waals surface area contributed by atoms with Crippen molar-refractivity contribution in [2.24, 2.45) is 0 Å². The monoisotopic (exact) mass is 482 g/mol. The van der Waals surface area contributed by atoms with Crippen LogP contribution in [0.3, 0.4) is 0 Å². The average Bonchev–Trinajstić information content (AvgIpc) is 2.47. The maximum absolute atomic E-state index is 11.3. The highest BCUT2D eigenvalue weighted by Crippen LogP contribution is 2.28. The van der Waals surface area contributed by atoms with Crippen molar-refractivity contribution in [2.75, 3.05) is 33.5 Å². The zero-order chi connectivity index (χ0) is 22.9. The largest absolute Gasteiger partial charge is 0.471 e. The lowest BCUT2D eigenvalue weighted by Crippen LogP contribution is -2.60. The fourth-order valence-electron chi connectivity index (χ4n) is 2.43. The first kappa shape index (κ1) is 28.9. The molecule has 0 bridgehead atoms. The highest BCUT2D eigenvalue weighted by Gasteiger charge is 2.49. The Balaban J connectivity index is 4.82. The van der Waals surface area contributed by atoms with Crippen molar-refractivity contribution in [3.63, 3.8) is 0 Å². The molecule has 0 rings (SSSR count). The summed E-state index contributed by atoms with van der Waals surface area (Å²) >= 11 is 0. The van der Waals surface area contributed by atoms with Crippen molar-refractivity contribution >= 4 is 39.7 Å². The molecule has 29 heavy (non-hydrogen) atoms. The Morgan fingerprint density at radius 2 is 1.14 bits per heavy atom. The summed E-state index contributed by atoms with van der Waals surface area (Å²) in [5.41, 5.74) is 0.287. The third kappa shape index (κ3) is 15.3. The molecule has 11 heteroatoms. The molecular formula is C18H42O7Si4. The van der Waals surface area contributed by atoms with Crippen molar-refractivity contribution in [2.45, 2.75) is 65.0 Å². The van der Waals surface area contributed by atoms with Crippen molar-refractivity contribution in [3.8, 4) is 0 Å². The lowest BCUT2D eigenvalue weighted by Gasteiger charge is -2.42. The van der Waals surface area contributed by atoms with Crippen LogP contribution in [0.2, 0.25) is 65.0 Å². The van der Waals surface area contributed by atoms with E-state index in [-0.39, 0.29) is 12.2 Å². The van der Waals surface area contributed by atoms with Crippen LogP contribution in [-0.2, 0) is 31.4 Å². The van der Waals surface area contributed by atoms with Crippen molar-refractivity contribution in [1.29, 1.82) is 0 Å². The maximum Gasteiger partial charge on any atom is 0.471 e. The molecule has 0 amide bonds. The SMILES string of the molecule is C=C(COCCOCC[Si](O[Si](C)(C)C)(O[Si](C)(C)C)O[Si](C)(C)C)C(=O)OC. The van der Waals surface area contributed by atoms with Gasteiger partial charge in [-0.2, -0.15) is 0 Å². The number of rotatable bonds is 15. The Labute approximate surface area is 181 Å². The molecule has 0 atom stereocenters. The summed E-state index contributed by atoms with van der Waals surface area (Å²) < 4.78 is 35.6. The van der Waals surface area contributed by atoms with Gasteiger partial charge in [0.2, 0.25) is 0 Å². The van der Waals surface area contributed by atoms with E-state index in [2.05, 4.69) is 70.2 Å². The minimum atomic E-state index is -2.86. The number of hydrogen-bond donors (Lipinski definition) is 0. The van der Waals surface area contributed by atoms with Gasteiger partial charge in [-0.15, -0.1) is 0 Å².